The minimum atomic E-state index is -0.875. The first kappa shape index (κ1) is 22.6. The first-order valence-electron chi connectivity index (χ1n) is 12.2. The first-order valence-corrected chi connectivity index (χ1v) is 12.2. The molecule has 2 aromatic rings. The summed E-state index contributed by atoms with van der Waals surface area (Å²) in [6.45, 7) is 2.34. The van der Waals surface area contributed by atoms with Gasteiger partial charge in [0.15, 0.2) is 11.6 Å². The Hall–Kier alpha value is -2.58. The molecule has 2 aliphatic rings. The maximum absolute atomic E-state index is 13.3. The highest BCUT2D eigenvalue weighted by Crippen LogP contribution is 2.41. The lowest BCUT2D eigenvalue weighted by Gasteiger charge is -2.36. The van der Waals surface area contributed by atoms with Gasteiger partial charge in [0.25, 0.3) is 0 Å². The van der Waals surface area contributed by atoms with Crippen LogP contribution in [0.4, 0.5) is 8.78 Å². The number of rotatable bonds is 2. The summed E-state index contributed by atoms with van der Waals surface area (Å²) >= 11 is 0. The van der Waals surface area contributed by atoms with Crippen molar-refractivity contribution in [1.82, 2.24) is 0 Å². The Balaban J connectivity index is 1.28. The third-order valence-corrected chi connectivity index (χ3v) is 7.48. The van der Waals surface area contributed by atoms with Crippen LogP contribution in [0.25, 0.3) is 0 Å². The van der Waals surface area contributed by atoms with Gasteiger partial charge in [-0.25, -0.2) is 8.78 Å². The van der Waals surface area contributed by atoms with Crippen LogP contribution in [0.5, 0.6) is 0 Å². The lowest BCUT2D eigenvalue weighted by molar-refractivity contribution is 0.156. The van der Waals surface area contributed by atoms with Gasteiger partial charge in [-0.1, -0.05) is 49.9 Å². The van der Waals surface area contributed by atoms with Gasteiger partial charge < -0.3 is 0 Å². The van der Waals surface area contributed by atoms with E-state index in [2.05, 4.69) is 30.6 Å². The van der Waals surface area contributed by atoms with E-state index >= 15 is 0 Å². The maximum Gasteiger partial charge on any atom is 0.160 e. The molecule has 0 radical (unpaired) electrons. The molecule has 4 rings (SSSR count). The Kier molecular flexibility index (Phi) is 7.65. The molecular weight excluding hydrogens is 398 g/mol. The van der Waals surface area contributed by atoms with Crippen LogP contribution in [0.15, 0.2) is 42.5 Å². The van der Waals surface area contributed by atoms with Gasteiger partial charge in [0.05, 0.1) is 0 Å². The van der Waals surface area contributed by atoms with Gasteiger partial charge in [0.1, 0.15) is 0 Å². The molecule has 32 heavy (non-hydrogen) atoms. The maximum atomic E-state index is 13.3. The van der Waals surface area contributed by atoms with Gasteiger partial charge in [-0.05, 0) is 98.7 Å². The number of halogens is 2. The second-order valence-electron chi connectivity index (χ2n) is 9.53. The molecule has 0 nitrogen and oxygen atoms in total. The smallest absolute Gasteiger partial charge is 0.160 e. The normalized spacial score (nSPS) is 25.2. The number of benzene rings is 2. The minimum absolute atomic E-state index is 0.460. The van der Waals surface area contributed by atoms with E-state index in [4.69, 9.17) is 0 Å². The zero-order valence-electron chi connectivity index (χ0n) is 19.0. The first-order chi connectivity index (χ1) is 15.6. The molecule has 0 amide bonds. The topological polar surface area (TPSA) is 0 Å². The average molecular weight is 431 g/mol. The number of hydrogen-bond acceptors (Lipinski definition) is 0. The predicted molar refractivity (Wildman–Crippen MR) is 127 cm³/mol. The van der Waals surface area contributed by atoms with Crippen molar-refractivity contribution >= 4 is 0 Å². The largest absolute Gasteiger partial charge is 0.204 e. The molecule has 2 aromatic carbocycles. The Bertz CT molecular complexity index is 1010. The van der Waals surface area contributed by atoms with E-state index in [1.165, 1.54) is 63.9 Å². The second kappa shape index (κ2) is 10.8. The second-order valence-corrected chi connectivity index (χ2v) is 9.53. The molecule has 0 atom stereocenters. The Morgan fingerprint density at radius 3 is 1.78 bits per heavy atom. The summed E-state index contributed by atoms with van der Waals surface area (Å²) < 4.78 is 26.3. The minimum Gasteiger partial charge on any atom is -0.204 e. The monoisotopic (exact) mass is 430 g/mol. The number of hydrogen-bond donors (Lipinski definition) is 0. The molecule has 0 unspecified atom stereocenters. The van der Waals surface area contributed by atoms with Crippen molar-refractivity contribution in [2.75, 3.05) is 0 Å². The molecule has 0 spiro atoms. The van der Waals surface area contributed by atoms with E-state index in [9.17, 15) is 8.78 Å². The zero-order valence-corrected chi connectivity index (χ0v) is 19.0. The third kappa shape index (κ3) is 6.01. The summed E-state index contributed by atoms with van der Waals surface area (Å²) in [5.41, 5.74) is 2.30. The fourth-order valence-corrected chi connectivity index (χ4v) is 5.34. The molecule has 2 fully saturated rings. The van der Waals surface area contributed by atoms with Gasteiger partial charge in [-0.15, -0.1) is 0 Å². The molecule has 166 valence electrons. The molecular formula is C30H32F2. The van der Waals surface area contributed by atoms with Crippen LogP contribution >= 0.6 is 0 Å². The van der Waals surface area contributed by atoms with E-state index in [0.717, 1.165) is 41.0 Å². The molecule has 2 aliphatic carbocycles. The molecule has 0 aliphatic heterocycles. The quantitative estimate of drug-likeness (QED) is 0.428. The van der Waals surface area contributed by atoms with E-state index in [-0.39, 0.29) is 0 Å². The third-order valence-electron chi connectivity index (χ3n) is 7.48. The molecule has 0 heterocycles. The van der Waals surface area contributed by atoms with Crippen LogP contribution in [-0.4, -0.2) is 0 Å². The van der Waals surface area contributed by atoms with Crippen molar-refractivity contribution in [1.29, 1.82) is 0 Å². The van der Waals surface area contributed by atoms with Crippen molar-refractivity contribution < 1.29 is 8.78 Å². The highest BCUT2D eigenvalue weighted by atomic mass is 19.2. The van der Waals surface area contributed by atoms with E-state index in [1.54, 1.807) is 0 Å². The van der Waals surface area contributed by atoms with Gasteiger partial charge >= 0.3 is 0 Å². The molecule has 0 aromatic heterocycles. The Morgan fingerprint density at radius 2 is 1.19 bits per heavy atom. The van der Waals surface area contributed by atoms with Crippen LogP contribution in [0.1, 0.15) is 81.4 Å². The summed E-state index contributed by atoms with van der Waals surface area (Å²) in [7, 11) is 0. The van der Waals surface area contributed by atoms with Gasteiger partial charge in [0, 0.05) is 22.6 Å². The lowest BCUT2D eigenvalue weighted by atomic mass is 9.69. The summed E-state index contributed by atoms with van der Waals surface area (Å²) in [6.07, 6.45) is 12.3. The SMILES string of the molecule is CCC1CCC(C2CCC(C#Cc3ccc(C#Cc4ccc(F)c(F)c4)cc3)CC2)CC1. The molecule has 0 N–H and O–H groups in total. The van der Waals surface area contributed by atoms with Crippen molar-refractivity contribution in [3.63, 3.8) is 0 Å². The highest BCUT2D eigenvalue weighted by Gasteiger charge is 2.29. The molecule has 0 saturated heterocycles. The summed E-state index contributed by atoms with van der Waals surface area (Å²) in [4.78, 5) is 0. The van der Waals surface area contributed by atoms with Crippen LogP contribution in [0, 0.1) is 59.0 Å². The van der Waals surface area contributed by atoms with E-state index in [0.29, 0.717) is 11.5 Å². The Labute approximate surface area is 191 Å². The van der Waals surface area contributed by atoms with Crippen LogP contribution < -0.4 is 0 Å². The highest BCUT2D eigenvalue weighted by molar-refractivity contribution is 5.46. The molecule has 0 bridgehead atoms. The van der Waals surface area contributed by atoms with Gasteiger partial charge in [0.2, 0.25) is 0 Å². The summed E-state index contributed by atoms with van der Waals surface area (Å²) in [6, 6.07) is 11.5. The lowest BCUT2D eigenvalue weighted by Crippen LogP contribution is -2.25. The standard InChI is InChI=1S/C30H32F2/c1-2-22-11-16-27(17-12-22)28-18-13-25(14-19-28)8-7-23-3-5-24(6-4-23)9-10-26-15-20-29(31)30(32)21-26/h3-6,15,20-22,25,27-28H,2,11-14,16-19H2,1H3. The summed E-state index contributed by atoms with van der Waals surface area (Å²) in [5, 5.41) is 0. The zero-order chi connectivity index (χ0) is 22.3. The van der Waals surface area contributed by atoms with Crippen molar-refractivity contribution in [3.05, 3.63) is 70.8 Å². The van der Waals surface area contributed by atoms with Crippen LogP contribution in [0.3, 0.4) is 0 Å². The fraction of sp³-hybridized carbons (Fsp3) is 0.467. The van der Waals surface area contributed by atoms with Crippen molar-refractivity contribution in [3.8, 4) is 23.7 Å². The van der Waals surface area contributed by atoms with Crippen molar-refractivity contribution in [2.24, 2.45) is 23.7 Å². The summed E-state index contributed by atoms with van der Waals surface area (Å²) in [5.74, 6) is 14.4. The fourth-order valence-electron chi connectivity index (χ4n) is 5.34. The molecule has 2 heteroatoms. The van der Waals surface area contributed by atoms with Crippen LogP contribution in [0.2, 0.25) is 0 Å². The predicted octanol–water partition coefficient (Wildman–Crippen LogP) is 7.74. The van der Waals surface area contributed by atoms with Gasteiger partial charge in [-0.2, -0.15) is 0 Å². The van der Waals surface area contributed by atoms with E-state index < -0.39 is 11.6 Å². The van der Waals surface area contributed by atoms with Crippen molar-refractivity contribution in [2.45, 2.75) is 64.7 Å². The average Bonchev–Trinajstić information content (AvgIpc) is 2.84. The molecule has 2 saturated carbocycles. The van der Waals surface area contributed by atoms with Crippen LogP contribution in [-0.2, 0) is 0 Å². The Morgan fingerprint density at radius 1 is 0.656 bits per heavy atom. The van der Waals surface area contributed by atoms with Gasteiger partial charge in [-0.3, -0.25) is 0 Å². The van der Waals surface area contributed by atoms with E-state index in [1.807, 2.05) is 24.3 Å².